The van der Waals surface area contributed by atoms with Crippen molar-refractivity contribution >= 4 is 11.9 Å². The molecule has 1 aromatic carbocycles. The van der Waals surface area contributed by atoms with Crippen molar-refractivity contribution in [1.29, 1.82) is 0 Å². The van der Waals surface area contributed by atoms with Gasteiger partial charge in [-0.15, -0.1) is 0 Å². The van der Waals surface area contributed by atoms with E-state index < -0.39 is 0 Å². The number of fused-ring (bicyclic) bond motifs is 1. The second-order valence-electron chi connectivity index (χ2n) is 7.12. The van der Waals surface area contributed by atoms with E-state index in [0.29, 0.717) is 30.3 Å². The quantitative estimate of drug-likeness (QED) is 0.401. The normalized spacial score (nSPS) is 14.8. The van der Waals surface area contributed by atoms with Gasteiger partial charge in [-0.25, -0.2) is 4.79 Å². The van der Waals surface area contributed by atoms with Crippen molar-refractivity contribution in [1.82, 2.24) is 0 Å². The SMILES string of the molecule is O=C(OCCCCCCCCCOC(=O)C1CC1)c1ccc2c(c1)OCO2. The number of hydrogen-bond acceptors (Lipinski definition) is 6. The van der Waals surface area contributed by atoms with Gasteiger partial charge in [0.05, 0.1) is 24.7 Å². The molecule has 1 fully saturated rings. The summed E-state index contributed by atoms with van der Waals surface area (Å²) < 4.78 is 21.0. The summed E-state index contributed by atoms with van der Waals surface area (Å²) in [6, 6.07) is 5.08. The molecule has 1 saturated carbocycles. The van der Waals surface area contributed by atoms with Crippen molar-refractivity contribution in [2.75, 3.05) is 20.0 Å². The summed E-state index contributed by atoms with van der Waals surface area (Å²) in [6.07, 6.45) is 9.41. The van der Waals surface area contributed by atoms with Gasteiger partial charge in [0.15, 0.2) is 11.5 Å². The molecule has 2 aliphatic rings. The van der Waals surface area contributed by atoms with Crippen LogP contribution in [0.4, 0.5) is 0 Å². The fourth-order valence-corrected chi connectivity index (χ4v) is 2.97. The first-order valence-corrected chi connectivity index (χ1v) is 9.97. The molecule has 6 heteroatoms. The van der Waals surface area contributed by atoms with Crippen molar-refractivity contribution in [3.63, 3.8) is 0 Å². The van der Waals surface area contributed by atoms with E-state index in [2.05, 4.69) is 0 Å². The largest absolute Gasteiger partial charge is 0.465 e. The number of carbonyl (C=O) groups is 2. The molecule has 148 valence electrons. The number of carbonyl (C=O) groups excluding carboxylic acids is 2. The molecule has 1 aliphatic heterocycles. The van der Waals surface area contributed by atoms with Crippen LogP contribution in [0.5, 0.6) is 11.5 Å². The van der Waals surface area contributed by atoms with Gasteiger partial charge < -0.3 is 18.9 Å². The minimum Gasteiger partial charge on any atom is -0.465 e. The van der Waals surface area contributed by atoms with Gasteiger partial charge in [-0.05, 0) is 43.9 Å². The van der Waals surface area contributed by atoms with Crippen LogP contribution in [0.15, 0.2) is 18.2 Å². The summed E-state index contributed by atoms with van der Waals surface area (Å²) in [5.41, 5.74) is 0.488. The van der Waals surface area contributed by atoms with E-state index in [4.69, 9.17) is 18.9 Å². The topological polar surface area (TPSA) is 71.1 Å². The van der Waals surface area contributed by atoms with E-state index in [0.717, 1.165) is 57.8 Å². The van der Waals surface area contributed by atoms with Gasteiger partial charge in [0.1, 0.15) is 0 Å². The molecular weight excluding hydrogens is 348 g/mol. The molecule has 0 saturated heterocycles. The third-order valence-corrected chi connectivity index (χ3v) is 4.79. The lowest BCUT2D eigenvalue weighted by Gasteiger charge is -2.06. The standard InChI is InChI=1S/C21H28O6/c22-20(16-8-9-16)24-12-6-4-2-1-3-5-7-13-25-21(23)17-10-11-18-19(14-17)27-15-26-18/h10-11,14,16H,1-9,12-13,15H2. The smallest absolute Gasteiger partial charge is 0.338 e. The van der Waals surface area contributed by atoms with Crippen LogP contribution < -0.4 is 9.47 Å². The minimum absolute atomic E-state index is 0.00899. The Labute approximate surface area is 160 Å². The zero-order valence-corrected chi connectivity index (χ0v) is 15.7. The molecule has 0 atom stereocenters. The molecule has 6 nitrogen and oxygen atoms in total. The molecule has 1 aliphatic carbocycles. The van der Waals surface area contributed by atoms with Crippen LogP contribution >= 0.6 is 0 Å². The van der Waals surface area contributed by atoms with Crippen LogP contribution in [0.1, 0.15) is 68.1 Å². The Morgan fingerprint density at radius 3 is 2.19 bits per heavy atom. The molecule has 3 rings (SSSR count). The monoisotopic (exact) mass is 376 g/mol. The summed E-state index contributed by atoms with van der Waals surface area (Å²) >= 11 is 0. The minimum atomic E-state index is -0.325. The van der Waals surface area contributed by atoms with Crippen molar-refractivity contribution < 1.29 is 28.5 Å². The average molecular weight is 376 g/mol. The van der Waals surface area contributed by atoms with Gasteiger partial charge in [0.2, 0.25) is 6.79 Å². The Morgan fingerprint density at radius 1 is 0.852 bits per heavy atom. The lowest BCUT2D eigenvalue weighted by Crippen LogP contribution is -2.07. The maximum atomic E-state index is 12.0. The Kier molecular flexibility index (Phi) is 7.36. The van der Waals surface area contributed by atoms with Crippen molar-refractivity contribution in [3.8, 4) is 11.5 Å². The highest BCUT2D eigenvalue weighted by Gasteiger charge is 2.30. The summed E-state index contributed by atoms with van der Waals surface area (Å²) in [6.45, 7) is 1.19. The molecule has 0 spiro atoms. The molecular formula is C21H28O6. The predicted octanol–water partition coefficient (Wildman–Crippen LogP) is 4.26. The number of benzene rings is 1. The summed E-state index contributed by atoms with van der Waals surface area (Å²) in [7, 11) is 0. The van der Waals surface area contributed by atoms with Gasteiger partial charge in [0.25, 0.3) is 0 Å². The second kappa shape index (κ2) is 10.2. The van der Waals surface area contributed by atoms with Gasteiger partial charge in [-0.3, -0.25) is 4.79 Å². The highest BCUT2D eigenvalue weighted by Crippen LogP contribution is 2.32. The van der Waals surface area contributed by atoms with E-state index in [9.17, 15) is 9.59 Å². The first kappa shape index (κ1) is 19.5. The van der Waals surface area contributed by atoms with E-state index in [1.807, 2.05) is 0 Å². The molecule has 0 aromatic heterocycles. The van der Waals surface area contributed by atoms with Crippen LogP contribution in [-0.2, 0) is 14.3 Å². The molecule has 27 heavy (non-hydrogen) atoms. The van der Waals surface area contributed by atoms with Crippen molar-refractivity contribution in [2.24, 2.45) is 5.92 Å². The highest BCUT2D eigenvalue weighted by atomic mass is 16.7. The van der Waals surface area contributed by atoms with E-state index in [1.165, 1.54) is 0 Å². The first-order chi connectivity index (χ1) is 13.2. The Balaban J connectivity index is 1.14. The van der Waals surface area contributed by atoms with E-state index >= 15 is 0 Å². The number of rotatable bonds is 12. The molecule has 0 N–H and O–H groups in total. The Morgan fingerprint density at radius 2 is 1.48 bits per heavy atom. The molecule has 0 unspecified atom stereocenters. The Hall–Kier alpha value is -2.24. The number of ether oxygens (including phenoxy) is 4. The van der Waals surface area contributed by atoms with Crippen LogP contribution in [0.25, 0.3) is 0 Å². The highest BCUT2D eigenvalue weighted by molar-refractivity contribution is 5.90. The van der Waals surface area contributed by atoms with Gasteiger partial charge in [-0.2, -0.15) is 0 Å². The maximum absolute atomic E-state index is 12.0. The second-order valence-corrected chi connectivity index (χ2v) is 7.12. The molecule has 0 amide bonds. The third kappa shape index (κ3) is 6.45. The molecule has 1 heterocycles. The lowest BCUT2D eigenvalue weighted by atomic mass is 10.1. The fourth-order valence-electron chi connectivity index (χ4n) is 2.97. The summed E-state index contributed by atoms with van der Waals surface area (Å²) in [5, 5.41) is 0. The number of esters is 2. The zero-order valence-electron chi connectivity index (χ0n) is 15.7. The van der Waals surface area contributed by atoms with Crippen molar-refractivity contribution in [2.45, 2.75) is 57.8 Å². The lowest BCUT2D eigenvalue weighted by molar-refractivity contribution is -0.145. The predicted molar refractivity (Wildman–Crippen MR) is 98.8 cm³/mol. The maximum Gasteiger partial charge on any atom is 0.338 e. The molecule has 0 bridgehead atoms. The van der Waals surface area contributed by atoms with Crippen LogP contribution in [-0.4, -0.2) is 31.9 Å². The van der Waals surface area contributed by atoms with Gasteiger partial charge >= 0.3 is 11.9 Å². The van der Waals surface area contributed by atoms with Crippen LogP contribution in [0.2, 0.25) is 0 Å². The summed E-state index contributed by atoms with van der Waals surface area (Å²) in [4.78, 5) is 23.4. The van der Waals surface area contributed by atoms with Gasteiger partial charge in [-0.1, -0.05) is 32.1 Å². The Bertz CT molecular complexity index is 638. The molecule has 1 aromatic rings. The van der Waals surface area contributed by atoms with Gasteiger partial charge in [0, 0.05) is 0 Å². The third-order valence-electron chi connectivity index (χ3n) is 4.79. The zero-order chi connectivity index (χ0) is 18.9. The number of unbranched alkanes of at least 4 members (excludes halogenated alkanes) is 6. The first-order valence-electron chi connectivity index (χ1n) is 9.97. The van der Waals surface area contributed by atoms with E-state index in [1.54, 1.807) is 18.2 Å². The molecule has 0 radical (unpaired) electrons. The average Bonchev–Trinajstić information content (AvgIpc) is 3.43. The van der Waals surface area contributed by atoms with Crippen molar-refractivity contribution in [3.05, 3.63) is 23.8 Å². The van der Waals surface area contributed by atoms with Crippen LogP contribution in [0.3, 0.4) is 0 Å². The van der Waals surface area contributed by atoms with Crippen LogP contribution in [0, 0.1) is 5.92 Å². The van der Waals surface area contributed by atoms with E-state index in [-0.39, 0.29) is 24.6 Å². The summed E-state index contributed by atoms with van der Waals surface area (Å²) in [5.74, 6) is 1.11. The fraction of sp³-hybridized carbons (Fsp3) is 0.619. The number of hydrogen-bond donors (Lipinski definition) is 0.